The van der Waals surface area contributed by atoms with Gasteiger partial charge in [0, 0.05) is 52.7 Å². The van der Waals surface area contributed by atoms with Crippen LogP contribution in [0.4, 0.5) is 11.8 Å². The largest absolute Gasteiger partial charge is 0.364 e. The topological polar surface area (TPSA) is 183 Å². The summed E-state index contributed by atoms with van der Waals surface area (Å²) in [6, 6.07) is 15.9. The van der Waals surface area contributed by atoms with Crippen molar-refractivity contribution in [3.63, 3.8) is 0 Å². The molecule has 1 fully saturated rings. The molecule has 296 valence electrons. The number of nitrogens with zero attached hydrogens (tertiary/aromatic N) is 9. The molecule has 0 radical (unpaired) electrons. The highest BCUT2D eigenvalue weighted by Crippen LogP contribution is 2.34. The highest BCUT2D eigenvalue weighted by atomic mass is 79.9. The molecule has 57 heavy (non-hydrogen) atoms. The predicted molar refractivity (Wildman–Crippen MR) is 227 cm³/mol. The van der Waals surface area contributed by atoms with Crippen molar-refractivity contribution in [2.75, 3.05) is 23.3 Å². The first kappa shape index (κ1) is 40.7. The first-order valence-corrected chi connectivity index (χ1v) is 22.4. The minimum absolute atomic E-state index is 0.187. The number of fused-ring (bicyclic) bond motifs is 2. The number of benzene rings is 2. The van der Waals surface area contributed by atoms with Crippen molar-refractivity contribution in [3.05, 3.63) is 117 Å². The maximum Gasteiger partial charge on any atom is 0.269 e. The van der Waals surface area contributed by atoms with E-state index in [1.54, 1.807) is 54.7 Å². The van der Waals surface area contributed by atoms with Gasteiger partial charge in [-0.2, -0.15) is 0 Å². The zero-order chi connectivity index (χ0) is 40.6. The Morgan fingerprint density at radius 3 is 1.81 bits per heavy atom. The average Bonchev–Trinajstić information content (AvgIpc) is 3.72. The molecule has 2 N–H and O–H groups in total. The van der Waals surface area contributed by atoms with E-state index in [0.717, 1.165) is 33.9 Å². The van der Waals surface area contributed by atoms with E-state index in [4.69, 9.17) is 16.6 Å². The molecule has 0 amide bonds. The Balaban J connectivity index is 0.000000200. The van der Waals surface area contributed by atoms with Gasteiger partial charge in [-0.25, -0.2) is 54.7 Å². The Morgan fingerprint density at radius 1 is 0.737 bits per heavy atom. The van der Waals surface area contributed by atoms with E-state index in [1.165, 1.54) is 29.0 Å². The maximum atomic E-state index is 13.3. The highest BCUT2D eigenvalue weighted by molar-refractivity contribution is 9.11. The van der Waals surface area contributed by atoms with Crippen molar-refractivity contribution in [1.29, 1.82) is 0 Å². The third kappa shape index (κ3) is 8.40. The monoisotopic (exact) mass is 955 g/mol. The zero-order valence-electron chi connectivity index (χ0n) is 31.0. The summed E-state index contributed by atoms with van der Waals surface area (Å²) in [7, 11) is -7.58. The Kier molecular flexibility index (Phi) is 11.7. The molecule has 8 rings (SSSR count). The SMILES string of the molecule is Cc1ccc(S(=O)(=O)n2cc(Br)c3c(Cl)ncnc32)cc1.Cc1ccc(S(=O)(=O)n2cc(Br)c3c(NCc4ccnc(N5C[C@@H](C)N[C@@H](C)C5)n4)ncnc32)cc1. The summed E-state index contributed by atoms with van der Waals surface area (Å²) in [6.45, 7) is 10.2. The number of hydrogen-bond donors (Lipinski definition) is 2. The molecular weight excluding hydrogens is 922 g/mol. The summed E-state index contributed by atoms with van der Waals surface area (Å²) < 4.78 is 55.5. The number of halogens is 3. The van der Waals surface area contributed by atoms with Crippen LogP contribution >= 0.6 is 43.5 Å². The number of rotatable bonds is 8. The number of nitrogens with one attached hydrogen (secondary N) is 2. The van der Waals surface area contributed by atoms with E-state index < -0.39 is 20.0 Å². The van der Waals surface area contributed by atoms with Gasteiger partial charge < -0.3 is 15.5 Å². The van der Waals surface area contributed by atoms with E-state index in [2.05, 4.69) is 86.2 Å². The molecule has 20 heteroatoms. The van der Waals surface area contributed by atoms with Crippen LogP contribution in [0.25, 0.3) is 22.1 Å². The number of piperazine rings is 1. The first-order chi connectivity index (χ1) is 27.1. The standard InChI is InChI=1S/C24H27BrN8O2S.C13H9BrClN3O2S/c1-15-4-6-19(7-5-15)36(34,35)33-13-20(25)21-22(28-14-29-23(21)33)27-10-18-8-9-26-24(31-18)32-11-16(2)30-17(3)12-32;1-8-2-4-9(5-3-8)21(19,20)18-6-10(14)11-12(15)16-7-17-13(11)18/h4-9,13-14,16-17,30H,10-12H2,1-3H3,(H,27,28,29);2-7H,1H3/t16-,17+;. The smallest absolute Gasteiger partial charge is 0.269 e. The van der Waals surface area contributed by atoms with E-state index >= 15 is 0 Å². The van der Waals surface area contributed by atoms with Crippen molar-refractivity contribution in [2.45, 2.75) is 56.1 Å². The van der Waals surface area contributed by atoms with Crippen LogP contribution in [-0.2, 0) is 26.6 Å². The van der Waals surface area contributed by atoms with Crippen molar-refractivity contribution in [3.8, 4) is 0 Å². The lowest BCUT2D eigenvalue weighted by Crippen LogP contribution is -2.54. The molecule has 0 unspecified atom stereocenters. The molecule has 2 aromatic carbocycles. The van der Waals surface area contributed by atoms with Gasteiger partial charge in [-0.3, -0.25) is 0 Å². The van der Waals surface area contributed by atoms with Crippen LogP contribution in [0.2, 0.25) is 5.15 Å². The quantitative estimate of drug-likeness (QED) is 0.153. The summed E-state index contributed by atoms with van der Waals surface area (Å²) in [6.07, 6.45) is 7.29. The molecule has 7 aromatic rings. The van der Waals surface area contributed by atoms with Gasteiger partial charge in [0.05, 0.1) is 32.8 Å². The lowest BCUT2D eigenvalue weighted by molar-refractivity contribution is 0.403. The summed E-state index contributed by atoms with van der Waals surface area (Å²) in [5, 5.41) is 8.05. The summed E-state index contributed by atoms with van der Waals surface area (Å²) >= 11 is 12.8. The molecule has 1 saturated heterocycles. The summed E-state index contributed by atoms with van der Waals surface area (Å²) in [5.41, 5.74) is 3.29. The molecule has 6 heterocycles. The second-order valence-corrected chi connectivity index (χ2v) is 19.2. The minimum atomic E-state index is -3.84. The Bertz CT molecular complexity index is 2810. The number of anilines is 2. The normalized spacial score (nSPS) is 16.1. The van der Waals surface area contributed by atoms with Crippen LogP contribution in [-0.4, -0.2) is 79.9 Å². The average molecular weight is 958 g/mol. The fraction of sp³-hybridized carbons (Fsp3) is 0.243. The van der Waals surface area contributed by atoms with Gasteiger partial charge in [-0.1, -0.05) is 47.0 Å². The molecule has 0 bridgehead atoms. The summed E-state index contributed by atoms with van der Waals surface area (Å²) in [4.78, 5) is 28.3. The van der Waals surface area contributed by atoms with E-state index in [-0.39, 0.29) is 26.2 Å². The zero-order valence-corrected chi connectivity index (χ0v) is 36.5. The lowest BCUT2D eigenvalue weighted by Gasteiger charge is -2.36. The highest BCUT2D eigenvalue weighted by Gasteiger charge is 2.26. The predicted octanol–water partition coefficient (Wildman–Crippen LogP) is 6.72. The molecule has 0 spiro atoms. The van der Waals surface area contributed by atoms with Gasteiger partial charge in [0.25, 0.3) is 20.0 Å². The minimum Gasteiger partial charge on any atom is -0.364 e. The van der Waals surface area contributed by atoms with E-state index in [0.29, 0.717) is 50.1 Å². The third-order valence-electron chi connectivity index (χ3n) is 9.10. The fourth-order valence-corrected chi connectivity index (χ4v) is 10.8. The molecule has 5 aromatic heterocycles. The molecule has 1 aliphatic rings. The Labute approximate surface area is 351 Å². The third-order valence-corrected chi connectivity index (χ3v) is 13.9. The molecule has 0 saturated carbocycles. The van der Waals surface area contributed by atoms with Crippen molar-refractivity contribution in [1.82, 2.24) is 43.2 Å². The molecule has 0 aliphatic carbocycles. The van der Waals surface area contributed by atoms with Crippen LogP contribution in [0.3, 0.4) is 0 Å². The fourth-order valence-electron chi connectivity index (χ4n) is 6.40. The first-order valence-electron chi connectivity index (χ1n) is 17.5. The number of hydrogen-bond acceptors (Lipinski definition) is 13. The molecule has 1 aliphatic heterocycles. The van der Waals surface area contributed by atoms with Crippen LogP contribution in [0.1, 0.15) is 30.7 Å². The van der Waals surface area contributed by atoms with Gasteiger partial charge in [-0.05, 0) is 89.9 Å². The number of aromatic nitrogens is 8. The second kappa shape index (κ2) is 16.4. The van der Waals surface area contributed by atoms with Gasteiger partial charge >= 0.3 is 0 Å². The van der Waals surface area contributed by atoms with Gasteiger partial charge in [0.2, 0.25) is 5.95 Å². The summed E-state index contributed by atoms with van der Waals surface area (Å²) in [5.74, 6) is 1.20. The van der Waals surface area contributed by atoms with Gasteiger partial charge in [0.15, 0.2) is 11.3 Å². The van der Waals surface area contributed by atoms with Gasteiger partial charge in [0.1, 0.15) is 23.6 Å². The van der Waals surface area contributed by atoms with Crippen LogP contribution in [0, 0.1) is 13.8 Å². The molecule has 2 atom stereocenters. The lowest BCUT2D eigenvalue weighted by atomic mass is 10.1. The van der Waals surface area contributed by atoms with E-state index in [9.17, 15) is 16.8 Å². The second-order valence-electron chi connectivity index (χ2n) is 13.5. The van der Waals surface area contributed by atoms with Crippen LogP contribution < -0.4 is 15.5 Å². The van der Waals surface area contributed by atoms with Crippen LogP contribution in [0.15, 0.2) is 105 Å². The molecular formula is C37H36Br2ClN11O4S2. The van der Waals surface area contributed by atoms with Crippen LogP contribution in [0.5, 0.6) is 0 Å². The number of aryl methyl sites for hydroxylation is 2. The maximum absolute atomic E-state index is 13.3. The van der Waals surface area contributed by atoms with Crippen molar-refractivity contribution >= 4 is 97.3 Å². The molecule has 15 nitrogen and oxygen atoms in total. The van der Waals surface area contributed by atoms with Gasteiger partial charge in [-0.15, -0.1) is 0 Å². The van der Waals surface area contributed by atoms with Crippen molar-refractivity contribution < 1.29 is 16.8 Å². The Morgan fingerprint density at radius 2 is 1.25 bits per heavy atom. The Hall–Kier alpha value is -4.53. The van der Waals surface area contributed by atoms with E-state index in [1.807, 2.05) is 19.9 Å². The van der Waals surface area contributed by atoms with Crippen molar-refractivity contribution in [2.24, 2.45) is 0 Å².